The first-order valence-corrected chi connectivity index (χ1v) is 7.11. The summed E-state index contributed by atoms with van der Waals surface area (Å²) in [5, 5.41) is 3.49. The van der Waals surface area contributed by atoms with Crippen molar-refractivity contribution in [2.75, 3.05) is 0 Å². The molecule has 1 atom stereocenters. The van der Waals surface area contributed by atoms with Crippen molar-refractivity contribution in [3.63, 3.8) is 0 Å². The van der Waals surface area contributed by atoms with E-state index in [2.05, 4.69) is 15.3 Å². The minimum atomic E-state index is -0.131. The number of aromatic nitrogens is 2. The summed E-state index contributed by atoms with van der Waals surface area (Å²) in [6.45, 7) is 1.13. The zero-order chi connectivity index (χ0) is 14.4. The Labute approximate surface area is 120 Å². The lowest BCUT2D eigenvalue weighted by molar-refractivity contribution is -0.119. The Morgan fingerprint density at radius 2 is 2.05 bits per heavy atom. The molecule has 2 aromatic rings. The summed E-state index contributed by atoms with van der Waals surface area (Å²) < 4.78 is 5.39. The molecule has 1 aromatic carbocycles. The summed E-state index contributed by atoms with van der Waals surface area (Å²) in [7, 11) is 0. The lowest BCUT2D eigenvalue weighted by atomic mass is 10.1. The first-order valence-electron chi connectivity index (χ1n) is 7.11. The molecule has 1 fully saturated rings. The molecule has 2 aliphatic rings. The van der Waals surface area contributed by atoms with Crippen molar-refractivity contribution in [2.45, 2.75) is 38.5 Å². The van der Waals surface area contributed by atoms with Crippen LogP contribution in [0.5, 0.6) is 0 Å². The first-order chi connectivity index (χ1) is 10.2. The highest BCUT2D eigenvalue weighted by Gasteiger charge is 2.22. The van der Waals surface area contributed by atoms with Crippen LogP contribution in [0.15, 0.2) is 16.9 Å². The number of ether oxygens (including phenoxy) is 1. The topological polar surface area (TPSA) is 84.1 Å². The molecule has 6 nitrogen and oxygen atoms in total. The molecule has 0 bridgehead atoms. The fourth-order valence-electron chi connectivity index (χ4n) is 3.02. The number of rotatable bonds is 2. The van der Waals surface area contributed by atoms with Gasteiger partial charge >= 0.3 is 0 Å². The largest absolute Gasteiger partial charge is 0.372 e. The molecule has 3 heterocycles. The van der Waals surface area contributed by atoms with E-state index in [1.165, 1.54) is 0 Å². The Bertz CT molecular complexity index is 797. The zero-order valence-electron chi connectivity index (χ0n) is 11.4. The van der Waals surface area contributed by atoms with Gasteiger partial charge in [0.25, 0.3) is 5.56 Å². The van der Waals surface area contributed by atoms with Crippen LogP contribution >= 0.6 is 0 Å². The number of nitrogens with zero attached hydrogens (tertiary/aromatic N) is 1. The number of hydrogen-bond acceptors (Lipinski definition) is 4. The van der Waals surface area contributed by atoms with Crippen molar-refractivity contribution in [3.05, 3.63) is 39.4 Å². The summed E-state index contributed by atoms with van der Waals surface area (Å²) in [6.07, 6.45) is 1.90. The molecule has 1 aromatic heterocycles. The second-order valence-corrected chi connectivity index (χ2v) is 5.65. The van der Waals surface area contributed by atoms with Crippen LogP contribution in [-0.4, -0.2) is 21.9 Å². The summed E-state index contributed by atoms with van der Waals surface area (Å²) in [5.74, 6) is 0.691. The number of H-pyrrole nitrogens is 1. The predicted octanol–water partition coefficient (Wildman–Crippen LogP) is 0.774. The standard InChI is InChI=1S/C15H15N3O3/c19-14-2-1-10(16-14)5-13-17-12-4-9-7-21-6-8(9)3-11(12)15(20)18-13/h3-4,10H,1-2,5-7H2,(H,16,19)(H,17,18,20). The SMILES string of the molecule is O=C1CCC(Cc2nc3cc4c(cc3c(=O)[nH]2)COC4)N1. The highest BCUT2D eigenvalue weighted by molar-refractivity contribution is 5.80. The van der Waals surface area contributed by atoms with Gasteiger partial charge in [-0.15, -0.1) is 0 Å². The summed E-state index contributed by atoms with van der Waals surface area (Å²) >= 11 is 0. The van der Waals surface area contributed by atoms with Crippen LogP contribution in [-0.2, 0) is 29.2 Å². The van der Waals surface area contributed by atoms with E-state index in [9.17, 15) is 9.59 Å². The second-order valence-electron chi connectivity index (χ2n) is 5.65. The maximum Gasteiger partial charge on any atom is 0.258 e. The van der Waals surface area contributed by atoms with E-state index in [4.69, 9.17) is 4.74 Å². The Hall–Kier alpha value is -2.21. The average Bonchev–Trinajstić information content (AvgIpc) is 3.05. The molecular formula is C15H15N3O3. The van der Waals surface area contributed by atoms with Crippen molar-refractivity contribution in [2.24, 2.45) is 0 Å². The van der Waals surface area contributed by atoms with Crippen LogP contribution in [0.25, 0.3) is 10.9 Å². The van der Waals surface area contributed by atoms with Gasteiger partial charge in [0.1, 0.15) is 5.82 Å². The van der Waals surface area contributed by atoms with Crippen LogP contribution in [0.2, 0.25) is 0 Å². The molecule has 1 unspecified atom stereocenters. The number of carbonyl (C=O) groups is 1. The third-order valence-electron chi connectivity index (χ3n) is 4.12. The van der Waals surface area contributed by atoms with Gasteiger partial charge in [0.05, 0.1) is 24.1 Å². The fourth-order valence-corrected chi connectivity index (χ4v) is 3.02. The quantitative estimate of drug-likeness (QED) is 0.854. The van der Waals surface area contributed by atoms with E-state index in [1.54, 1.807) is 0 Å². The number of nitrogens with one attached hydrogen (secondary N) is 2. The van der Waals surface area contributed by atoms with E-state index in [1.807, 2.05) is 12.1 Å². The van der Waals surface area contributed by atoms with Crippen LogP contribution < -0.4 is 10.9 Å². The number of carbonyl (C=O) groups excluding carboxylic acids is 1. The number of benzene rings is 1. The van der Waals surface area contributed by atoms with E-state index in [0.29, 0.717) is 42.8 Å². The monoisotopic (exact) mass is 285 g/mol. The number of aromatic amines is 1. The molecule has 2 N–H and O–H groups in total. The Balaban J connectivity index is 1.73. The van der Waals surface area contributed by atoms with E-state index < -0.39 is 0 Å². The maximum atomic E-state index is 12.2. The number of amides is 1. The summed E-state index contributed by atoms with van der Waals surface area (Å²) in [6, 6.07) is 3.87. The van der Waals surface area contributed by atoms with Gasteiger partial charge in [0, 0.05) is 18.9 Å². The summed E-state index contributed by atoms with van der Waals surface area (Å²) in [4.78, 5) is 30.8. The van der Waals surface area contributed by atoms with E-state index in [0.717, 1.165) is 17.5 Å². The molecule has 0 saturated carbocycles. The van der Waals surface area contributed by atoms with Gasteiger partial charge < -0.3 is 15.0 Å². The highest BCUT2D eigenvalue weighted by Crippen LogP contribution is 2.23. The average molecular weight is 285 g/mol. The second kappa shape index (κ2) is 4.66. The van der Waals surface area contributed by atoms with Gasteiger partial charge in [0.15, 0.2) is 0 Å². The van der Waals surface area contributed by atoms with Gasteiger partial charge in [-0.05, 0) is 29.7 Å². The molecule has 0 radical (unpaired) electrons. The van der Waals surface area contributed by atoms with Crippen LogP contribution in [0.4, 0.5) is 0 Å². The normalized spacial score (nSPS) is 20.8. The van der Waals surface area contributed by atoms with E-state index in [-0.39, 0.29) is 17.5 Å². The van der Waals surface area contributed by atoms with Gasteiger partial charge in [-0.25, -0.2) is 4.98 Å². The third kappa shape index (κ3) is 2.21. The molecule has 4 rings (SSSR count). The Morgan fingerprint density at radius 1 is 1.24 bits per heavy atom. The van der Waals surface area contributed by atoms with Gasteiger partial charge in [0.2, 0.25) is 5.91 Å². The van der Waals surface area contributed by atoms with E-state index >= 15 is 0 Å². The Morgan fingerprint density at radius 3 is 2.81 bits per heavy atom. The molecule has 0 spiro atoms. The molecular weight excluding hydrogens is 270 g/mol. The van der Waals surface area contributed by atoms with Crippen molar-refractivity contribution in [1.29, 1.82) is 0 Å². The molecule has 1 saturated heterocycles. The number of hydrogen-bond donors (Lipinski definition) is 2. The van der Waals surface area contributed by atoms with Crippen molar-refractivity contribution < 1.29 is 9.53 Å². The maximum absolute atomic E-state index is 12.2. The van der Waals surface area contributed by atoms with Crippen molar-refractivity contribution in [1.82, 2.24) is 15.3 Å². The smallest absolute Gasteiger partial charge is 0.258 e. The minimum Gasteiger partial charge on any atom is -0.372 e. The van der Waals surface area contributed by atoms with Gasteiger partial charge in [-0.2, -0.15) is 0 Å². The third-order valence-corrected chi connectivity index (χ3v) is 4.12. The predicted molar refractivity (Wildman–Crippen MR) is 75.7 cm³/mol. The van der Waals surface area contributed by atoms with Gasteiger partial charge in [-0.1, -0.05) is 0 Å². The highest BCUT2D eigenvalue weighted by atomic mass is 16.5. The molecule has 21 heavy (non-hydrogen) atoms. The summed E-state index contributed by atoms with van der Waals surface area (Å²) in [5.41, 5.74) is 2.72. The lowest BCUT2D eigenvalue weighted by Gasteiger charge is -2.10. The molecule has 0 aliphatic carbocycles. The molecule has 6 heteroatoms. The van der Waals surface area contributed by atoms with Crippen molar-refractivity contribution in [3.8, 4) is 0 Å². The van der Waals surface area contributed by atoms with Crippen LogP contribution in [0.1, 0.15) is 29.8 Å². The lowest BCUT2D eigenvalue weighted by Crippen LogP contribution is -2.28. The molecule has 1 amide bonds. The number of fused-ring (bicyclic) bond motifs is 2. The molecule has 108 valence electrons. The van der Waals surface area contributed by atoms with Gasteiger partial charge in [-0.3, -0.25) is 9.59 Å². The minimum absolute atomic E-state index is 0.0656. The first kappa shape index (κ1) is 12.5. The zero-order valence-corrected chi connectivity index (χ0v) is 11.4. The fraction of sp³-hybridized carbons (Fsp3) is 0.400. The Kier molecular flexibility index (Phi) is 2.78. The van der Waals surface area contributed by atoms with Crippen LogP contribution in [0.3, 0.4) is 0 Å². The van der Waals surface area contributed by atoms with Crippen molar-refractivity contribution >= 4 is 16.8 Å². The molecule has 2 aliphatic heterocycles. The van der Waals surface area contributed by atoms with Crippen LogP contribution in [0, 0.1) is 0 Å².